The Morgan fingerprint density at radius 2 is 2.21 bits per heavy atom. The van der Waals surface area contributed by atoms with Crippen molar-refractivity contribution in [1.29, 1.82) is 0 Å². The molecule has 0 amide bonds. The van der Waals surface area contributed by atoms with E-state index in [1.165, 1.54) is 25.0 Å². The quantitative estimate of drug-likeness (QED) is 0.622. The lowest BCUT2D eigenvalue weighted by Crippen LogP contribution is -2.19. The first-order valence-corrected chi connectivity index (χ1v) is 8.05. The van der Waals surface area contributed by atoms with Crippen molar-refractivity contribution in [2.45, 2.75) is 50.6 Å². The maximum atomic E-state index is 5.97. The lowest BCUT2D eigenvalue weighted by atomic mass is 10.2. The standard InChI is InChI=1S/C15H23N3S/c1-3-4-7-10-19-15-13(11-12(2)16)18-9-6-5-8-14(18)17-15/h5-6,8-9,12H,3-4,7,10-11,16H2,1-2H3. The van der Waals surface area contributed by atoms with Crippen LogP contribution in [-0.4, -0.2) is 21.2 Å². The predicted molar refractivity (Wildman–Crippen MR) is 82.8 cm³/mol. The zero-order valence-electron chi connectivity index (χ0n) is 11.8. The third kappa shape index (κ3) is 3.74. The average molecular weight is 277 g/mol. The van der Waals surface area contributed by atoms with E-state index in [1.54, 1.807) is 0 Å². The summed E-state index contributed by atoms with van der Waals surface area (Å²) in [5.41, 5.74) is 8.25. The first-order valence-electron chi connectivity index (χ1n) is 7.06. The number of hydrogen-bond donors (Lipinski definition) is 1. The molecule has 3 nitrogen and oxygen atoms in total. The molecule has 0 saturated carbocycles. The van der Waals surface area contributed by atoms with Crippen LogP contribution in [0.25, 0.3) is 5.65 Å². The number of nitrogens with zero attached hydrogens (tertiary/aromatic N) is 2. The van der Waals surface area contributed by atoms with Gasteiger partial charge in [-0.05, 0) is 31.2 Å². The van der Waals surface area contributed by atoms with E-state index >= 15 is 0 Å². The molecule has 0 saturated heterocycles. The molecule has 2 N–H and O–H groups in total. The van der Waals surface area contributed by atoms with Gasteiger partial charge in [-0.15, -0.1) is 11.8 Å². The molecule has 0 bridgehead atoms. The molecule has 2 rings (SSSR count). The normalized spacial score (nSPS) is 13.0. The summed E-state index contributed by atoms with van der Waals surface area (Å²) < 4.78 is 2.17. The summed E-state index contributed by atoms with van der Waals surface area (Å²) in [7, 11) is 0. The first-order chi connectivity index (χ1) is 9.22. The van der Waals surface area contributed by atoms with Crippen LogP contribution in [0.5, 0.6) is 0 Å². The van der Waals surface area contributed by atoms with Crippen molar-refractivity contribution in [2.24, 2.45) is 5.73 Å². The van der Waals surface area contributed by atoms with Crippen molar-refractivity contribution < 1.29 is 0 Å². The van der Waals surface area contributed by atoms with Crippen molar-refractivity contribution in [1.82, 2.24) is 9.38 Å². The number of pyridine rings is 1. The lowest BCUT2D eigenvalue weighted by molar-refractivity contribution is 0.705. The zero-order chi connectivity index (χ0) is 13.7. The Balaban J connectivity index is 2.20. The van der Waals surface area contributed by atoms with Crippen LogP contribution in [0, 0.1) is 0 Å². The van der Waals surface area contributed by atoms with E-state index in [-0.39, 0.29) is 6.04 Å². The molecule has 1 atom stereocenters. The summed E-state index contributed by atoms with van der Waals surface area (Å²) >= 11 is 1.87. The van der Waals surface area contributed by atoms with Gasteiger partial charge < -0.3 is 10.1 Å². The summed E-state index contributed by atoms with van der Waals surface area (Å²) in [4.78, 5) is 4.73. The maximum absolute atomic E-state index is 5.97. The van der Waals surface area contributed by atoms with Gasteiger partial charge in [0.05, 0.1) is 5.69 Å². The lowest BCUT2D eigenvalue weighted by Gasteiger charge is -2.07. The second-order valence-electron chi connectivity index (χ2n) is 5.03. The summed E-state index contributed by atoms with van der Waals surface area (Å²) in [5.74, 6) is 1.14. The fourth-order valence-electron chi connectivity index (χ4n) is 2.15. The number of hydrogen-bond acceptors (Lipinski definition) is 3. The van der Waals surface area contributed by atoms with Gasteiger partial charge in [0.25, 0.3) is 0 Å². The second-order valence-corrected chi connectivity index (χ2v) is 6.11. The summed E-state index contributed by atoms with van der Waals surface area (Å²) in [6, 6.07) is 6.30. The van der Waals surface area contributed by atoms with Crippen LogP contribution < -0.4 is 5.73 Å². The second kappa shape index (κ2) is 6.96. The molecule has 2 aromatic rings. The molecule has 0 spiro atoms. The zero-order valence-corrected chi connectivity index (χ0v) is 12.6. The summed E-state index contributed by atoms with van der Waals surface area (Å²) in [6.45, 7) is 4.28. The van der Waals surface area contributed by atoms with Crippen LogP contribution in [0.3, 0.4) is 0 Å². The molecule has 0 aliphatic carbocycles. The van der Waals surface area contributed by atoms with Crippen molar-refractivity contribution in [3.8, 4) is 0 Å². The van der Waals surface area contributed by atoms with Crippen molar-refractivity contribution >= 4 is 17.4 Å². The number of thioether (sulfide) groups is 1. The topological polar surface area (TPSA) is 43.3 Å². The van der Waals surface area contributed by atoms with E-state index in [0.717, 1.165) is 22.8 Å². The molecular formula is C15H23N3S. The summed E-state index contributed by atoms with van der Waals surface area (Å²) in [5, 5.41) is 1.15. The van der Waals surface area contributed by atoms with Gasteiger partial charge in [-0.3, -0.25) is 0 Å². The van der Waals surface area contributed by atoms with E-state index in [9.17, 15) is 0 Å². The third-order valence-electron chi connectivity index (χ3n) is 3.09. The van der Waals surface area contributed by atoms with Crippen LogP contribution in [0.1, 0.15) is 38.8 Å². The van der Waals surface area contributed by atoms with Gasteiger partial charge in [-0.1, -0.05) is 25.8 Å². The number of fused-ring (bicyclic) bond motifs is 1. The van der Waals surface area contributed by atoms with E-state index in [1.807, 2.05) is 30.8 Å². The van der Waals surface area contributed by atoms with Crippen LogP contribution >= 0.6 is 11.8 Å². The molecule has 1 unspecified atom stereocenters. The third-order valence-corrected chi connectivity index (χ3v) is 4.19. The van der Waals surface area contributed by atoms with Crippen LogP contribution in [-0.2, 0) is 6.42 Å². The van der Waals surface area contributed by atoms with E-state index < -0.39 is 0 Å². The Morgan fingerprint density at radius 1 is 1.37 bits per heavy atom. The monoisotopic (exact) mass is 277 g/mol. The largest absolute Gasteiger partial charge is 0.328 e. The highest BCUT2D eigenvalue weighted by atomic mass is 32.2. The predicted octanol–water partition coefficient (Wildman–Crippen LogP) is 3.51. The van der Waals surface area contributed by atoms with E-state index in [0.29, 0.717) is 0 Å². The number of imidazole rings is 1. The Morgan fingerprint density at radius 3 is 2.95 bits per heavy atom. The first kappa shape index (κ1) is 14.4. The van der Waals surface area contributed by atoms with Crippen LogP contribution in [0.4, 0.5) is 0 Å². The molecule has 2 aromatic heterocycles. The van der Waals surface area contributed by atoms with Gasteiger partial charge in [0, 0.05) is 18.7 Å². The minimum absolute atomic E-state index is 0.162. The molecular weight excluding hydrogens is 254 g/mol. The van der Waals surface area contributed by atoms with E-state index in [4.69, 9.17) is 10.7 Å². The Kier molecular flexibility index (Phi) is 5.28. The molecule has 104 valence electrons. The fourth-order valence-corrected chi connectivity index (χ4v) is 3.20. The molecule has 0 aliphatic heterocycles. The number of nitrogens with two attached hydrogens (primary N) is 1. The van der Waals surface area contributed by atoms with Crippen molar-refractivity contribution in [3.05, 3.63) is 30.1 Å². The minimum Gasteiger partial charge on any atom is -0.328 e. The SMILES string of the molecule is CCCCCSc1nc2ccccn2c1CC(C)N. The summed E-state index contributed by atoms with van der Waals surface area (Å²) in [6.07, 6.45) is 6.77. The van der Waals surface area contributed by atoms with Gasteiger partial charge in [0.15, 0.2) is 0 Å². The van der Waals surface area contributed by atoms with Crippen molar-refractivity contribution in [2.75, 3.05) is 5.75 Å². The highest BCUT2D eigenvalue weighted by molar-refractivity contribution is 7.99. The van der Waals surface area contributed by atoms with E-state index in [2.05, 4.69) is 23.6 Å². The van der Waals surface area contributed by atoms with Gasteiger partial charge in [-0.25, -0.2) is 4.98 Å². The molecule has 0 aromatic carbocycles. The molecule has 0 aliphatic rings. The van der Waals surface area contributed by atoms with Crippen LogP contribution in [0.15, 0.2) is 29.4 Å². The molecule has 2 heterocycles. The fraction of sp³-hybridized carbons (Fsp3) is 0.533. The number of unbranched alkanes of at least 4 members (excludes halogenated alkanes) is 2. The van der Waals surface area contributed by atoms with Crippen molar-refractivity contribution in [3.63, 3.8) is 0 Å². The average Bonchev–Trinajstić information content (AvgIpc) is 2.73. The number of rotatable bonds is 7. The Hall–Kier alpha value is -1.00. The minimum atomic E-state index is 0.162. The smallest absolute Gasteiger partial charge is 0.138 e. The highest BCUT2D eigenvalue weighted by Crippen LogP contribution is 2.25. The maximum Gasteiger partial charge on any atom is 0.138 e. The highest BCUT2D eigenvalue weighted by Gasteiger charge is 2.13. The van der Waals surface area contributed by atoms with Gasteiger partial charge in [0.1, 0.15) is 10.7 Å². The van der Waals surface area contributed by atoms with Gasteiger partial charge >= 0.3 is 0 Å². The molecule has 19 heavy (non-hydrogen) atoms. The van der Waals surface area contributed by atoms with Crippen LogP contribution in [0.2, 0.25) is 0 Å². The molecule has 4 heteroatoms. The van der Waals surface area contributed by atoms with Gasteiger partial charge in [-0.2, -0.15) is 0 Å². The number of aromatic nitrogens is 2. The molecule has 0 fully saturated rings. The Labute approximate surface area is 119 Å². The van der Waals surface area contributed by atoms with Gasteiger partial charge in [0.2, 0.25) is 0 Å². The molecule has 0 radical (unpaired) electrons. The Bertz CT molecular complexity index is 519.